The Morgan fingerprint density at radius 3 is 2.45 bits per heavy atom. The minimum absolute atomic E-state index is 0.135. The molecule has 0 radical (unpaired) electrons. The third-order valence-corrected chi connectivity index (χ3v) is 4.37. The van der Waals surface area contributed by atoms with Crippen LogP contribution >= 0.6 is 0 Å². The van der Waals surface area contributed by atoms with Crippen molar-refractivity contribution in [3.05, 3.63) is 35.9 Å². The quantitative estimate of drug-likeness (QED) is 0.596. The predicted octanol–water partition coefficient (Wildman–Crippen LogP) is 3.10. The molecular weight excluding hydrogens is 376 g/mol. The Kier molecular flexibility index (Phi) is 7.87. The zero-order chi connectivity index (χ0) is 21.4. The van der Waals surface area contributed by atoms with Crippen molar-refractivity contribution < 1.29 is 28.6 Å². The number of amides is 2. The molecule has 1 aliphatic heterocycles. The molecule has 8 nitrogen and oxygen atoms in total. The molecule has 1 aromatic rings. The highest BCUT2D eigenvalue weighted by molar-refractivity contribution is 5.76. The van der Waals surface area contributed by atoms with Crippen molar-refractivity contribution in [1.29, 1.82) is 0 Å². The Bertz CT molecular complexity index is 701. The summed E-state index contributed by atoms with van der Waals surface area (Å²) in [6.07, 6.45) is -0.775. The number of rotatable bonds is 5. The largest absolute Gasteiger partial charge is 0.466 e. The van der Waals surface area contributed by atoms with E-state index in [4.69, 9.17) is 14.2 Å². The standard InChI is InChI=1S/C21H30N2O6/c1-5-27-18(24)16-11-12-23(13-17(16)22-19(25)29-21(2,3)4)20(26)28-14-15-9-7-6-8-10-15/h6-10,16-17H,5,11-14H2,1-4H3,(H,22,25). The molecular formula is C21H30N2O6. The minimum Gasteiger partial charge on any atom is -0.466 e. The van der Waals surface area contributed by atoms with Gasteiger partial charge in [0.15, 0.2) is 0 Å². The lowest BCUT2D eigenvalue weighted by molar-refractivity contribution is -0.150. The molecule has 2 rings (SSSR count). The molecule has 160 valence electrons. The fourth-order valence-corrected chi connectivity index (χ4v) is 3.07. The van der Waals surface area contributed by atoms with Gasteiger partial charge in [-0.05, 0) is 39.7 Å². The highest BCUT2D eigenvalue weighted by Crippen LogP contribution is 2.21. The molecule has 1 fully saturated rings. The number of hydrogen-bond acceptors (Lipinski definition) is 6. The molecule has 2 unspecified atom stereocenters. The van der Waals surface area contributed by atoms with Gasteiger partial charge in [-0.2, -0.15) is 0 Å². The second-order valence-corrected chi connectivity index (χ2v) is 7.89. The van der Waals surface area contributed by atoms with Gasteiger partial charge >= 0.3 is 18.2 Å². The van der Waals surface area contributed by atoms with E-state index in [-0.39, 0.29) is 19.8 Å². The highest BCUT2D eigenvalue weighted by Gasteiger charge is 2.38. The molecule has 1 N–H and O–H groups in total. The minimum atomic E-state index is -0.674. The Labute approximate surface area is 171 Å². The normalized spacial score (nSPS) is 19.2. The van der Waals surface area contributed by atoms with Crippen molar-refractivity contribution in [3.8, 4) is 0 Å². The van der Waals surface area contributed by atoms with Crippen LogP contribution in [0.15, 0.2) is 30.3 Å². The molecule has 29 heavy (non-hydrogen) atoms. The average Bonchev–Trinajstić information content (AvgIpc) is 2.65. The first-order chi connectivity index (χ1) is 13.7. The van der Waals surface area contributed by atoms with Crippen LogP contribution in [-0.2, 0) is 25.6 Å². The fourth-order valence-electron chi connectivity index (χ4n) is 3.07. The zero-order valence-corrected chi connectivity index (χ0v) is 17.5. The summed E-state index contributed by atoms with van der Waals surface area (Å²) >= 11 is 0. The van der Waals surface area contributed by atoms with Crippen LogP contribution in [0.5, 0.6) is 0 Å². The van der Waals surface area contributed by atoms with E-state index in [9.17, 15) is 14.4 Å². The van der Waals surface area contributed by atoms with E-state index < -0.39 is 35.7 Å². The van der Waals surface area contributed by atoms with Crippen molar-refractivity contribution in [1.82, 2.24) is 10.2 Å². The van der Waals surface area contributed by atoms with Crippen molar-refractivity contribution in [3.63, 3.8) is 0 Å². The van der Waals surface area contributed by atoms with Gasteiger partial charge in [-0.25, -0.2) is 9.59 Å². The fraction of sp³-hybridized carbons (Fsp3) is 0.571. The van der Waals surface area contributed by atoms with Crippen LogP contribution in [0.2, 0.25) is 0 Å². The van der Waals surface area contributed by atoms with Crippen molar-refractivity contribution in [2.45, 2.75) is 52.4 Å². The summed E-state index contributed by atoms with van der Waals surface area (Å²) in [6.45, 7) is 7.86. The van der Waals surface area contributed by atoms with Crippen LogP contribution in [0.1, 0.15) is 39.7 Å². The van der Waals surface area contributed by atoms with Gasteiger partial charge in [0.1, 0.15) is 12.2 Å². The molecule has 0 aliphatic carbocycles. The van der Waals surface area contributed by atoms with Crippen LogP contribution < -0.4 is 5.32 Å². The molecule has 1 aliphatic rings. The number of ether oxygens (including phenoxy) is 3. The van der Waals surface area contributed by atoms with Crippen molar-refractivity contribution >= 4 is 18.2 Å². The van der Waals surface area contributed by atoms with Crippen LogP contribution in [0.25, 0.3) is 0 Å². The molecule has 1 heterocycles. The topological polar surface area (TPSA) is 94.2 Å². The number of hydrogen-bond donors (Lipinski definition) is 1. The van der Waals surface area contributed by atoms with E-state index >= 15 is 0 Å². The maximum absolute atomic E-state index is 12.5. The Balaban J connectivity index is 2.01. The third-order valence-electron chi connectivity index (χ3n) is 4.37. The average molecular weight is 406 g/mol. The maximum atomic E-state index is 12.5. The summed E-state index contributed by atoms with van der Waals surface area (Å²) in [6, 6.07) is 8.74. The van der Waals surface area contributed by atoms with E-state index in [0.29, 0.717) is 13.0 Å². The zero-order valence-electron chi connectivity index (χ0n) is 17.5. The van der Waals surface area contributed by atoms with Crippen LogP contribution in [0, 0.1) is 5.92 Å². The molecule has 2 atom stereocenters. The number of esters is 1. The van der Waals surface area contributed by atoms with Gasteiger partial charge in [0.2, 0.25) is 0 Å². The monoisotopic (exact) mass is 406 g/mol. The van der Waals surface area contributed by atoms with E-state index in [2.05, 4.69) is 5.32 Å². The molecule has 8 heteroatoms. The second kappa shape index (κ2) is 10.1. The number of alkyl carbamates (subject to hydrolysis) is 1. The SMILES string of the molecule is CCOC(=O)C1CCN(C(=O)OCc2ccccc2)CC1NC(=O)OC(C)(C)C. The van der Waals surface area contributed by atoms with Gasteiger partial charge in [-0.1, -0.05) is 30.3 Å². The molecule has 0 spiro atoms. The summed E-state index contributed by atoms with van der Waals surface area (Å²) in [7, 11) is 0. The number of nitrogens with zero attached hydrogens (tertiary/aromatic N) is 1. The second-order valence-electron chi connectivity index (χ2n) is 7.89. The Morgan fingerprint density at radius 1 is 1.14 bits per heavy atom. The maximum Gasteiger partial charge on any atom is 0.410 e. The Morgan fingerprint density at radius 2 is 1.83 bits per heavy atom. The number of piperidine rings is 1. The summed E-state index contributed by atoms with van der Waals surface area (Å²) in [5, 5.41) is 2.71. The smallest absolute Gasteiger partial charge is 0.410 e. The number of carbonyl (C=O) groups is 3. The van der Waals surface area contributed by atoms with E-state index in [1.807, 2.05) is 30.3 Å². The van der Waals surface area contributed by atoms with Gasteiger partial charge in [0.25, 0.3) is 0 Å². The van der Waals surface area contributed by atoms with Crippen molar-refractivity contribution in [2.24, 2.45) is 5.92 Å². The van der Waals surface area contributed by atoms with E-state index in [1.54, 1.807) is 27.7 Å². The number of benzene rings is 1. The van der Waals surface area contributed by atoms with Gasteiger partial charge in [-0.3, -0.25) is 4.79 Å². The first-order valence-corrected chi connectivity index (χ1v) is 9.81. The molecule has 0 saturated carbocycles. The number of likely N-dealkylation sites (tertiary alicyclic amines) is 1. The first kappa shape index (κ1) is 22.5. The molecule has 0 aromatic heterocycles. The van der Waals surface area contributed by atoms with Gasteiger partial charge in [0, 0.05) is 13.1 Å². The summed E-state index contributed by atoms with van der Waals surface area (Å²) < 4.78 is 15.8. The molecule has 1 saturated heterocycles. The molecule has 1 aromatic carbocycles. The first-order valence-electron chi connectivity index (χ1n) is 9.81. The molecule has 2 amide bonds. The summed E-state index contributed by atoms with van der Waals surface area (Å²) in [5.41, 5.74) is 0.206. The van der Waals surface area contributed by atoms with E-state index in [1.165, 1.54) is 4.90 Å². The lowest BCUT2D eigenvalue weighted by atomic mass is 9.92. The lowest BCUT2D eigenvalue weighted by Gasteiger charge is -2.37. The van der Waals surface area contributed by atoms with Crippen LogP contribution in [0.4, 0.5) is 9.59 Å². The lowest BCUT2D eigenvalue weighted by Crippen LogP contribution is -2.56. The predicted molar refractivity (Wildman–Crippen MR) is 106 cm³/mol. The highest BCUT2D eigenvalue weighted by atomic mass is 16.6. The summed E-state index contributed by atoms with van der Waals surface area (Å²) in [5.74, 6) is -0.952. The van der Waals surface area contributed by atoms with E-state index in [0.717, 1.165) is 5.56 Å². The number of nitrogens with one attached hydrogen (secondary N) is 1. The van der Waals surface area contributed by atoms with Gasteiger partial charge < -0.3 is 24.4 Å². The van der Waals surface area contributed by atoms with Crippen LogP contribution in [-0.4, -0.2) is 54.4 Å². The number of carbonyl (C=O) groups excluding carboxylic acids is 3. The van der Waals surface area contributed by atoms with Gasteiger partial charge in [0.05, 0.1) is 18.6 Å². The van der Waals surface area contributed by atoms with Crippen LogP contribution in [0.3, 0.4) is 0 Å². The third kappa shape index (κ3) is 7.29. The van der Waals surface area contributed by atoms with Crippen molar-refractivity contribution in [2.75, 3.05) is 19.7 Å². The summed E-state index contributed by atoms with van der Waals surface area (Å²) in [4.78, 5) is 38.5. The molecule has 0 bridgehead atoms. The van der Waals surface area contributed by atoms with Gasteiger partial charge in [-0.15, -0.1) is 0 Å². The Hall–Kier alpha value is -2.77.